The van der Waals surface area contributed by atoms with Crippen LogP contribution >= 0.6 is 11.6 Å². The van der Waals surface area contributed by atoms with E-state index in [0.717, 1.165) is 10.5 Å². The lowest BCUT2D eigenvalue weighted by Crippen LogP contribution is -2.45. The summed E-state index contributed by atoms with van der Waals surface area (Å²) in [4.78, 5) is 39.0. The molecule has 0 aliphatic carbocycles. The molecular weight excluding hydrogens is 434 g/mol. The van der Waals surface area contributed by atoms with E-state index in [9.17, 15) is 14.4 Å². The minimum Gasteiger partial charge on any atom is -0.493 e. The molecule has 1 atom stereocenters. The van der Waals surface area contributed by atoms with Crippen LogP contribution < -0.4 is 20.1 Å². The third-order valence-corrected chi connectivity index (χ3v) is 5.78. The molecule has 0 spiro atoms. The summed E-state index contributed by atoms with van der Waals surface area (Å²) in [5.74, 6) is 0.354. The van der Waals surface area contributed by atoms with E-state index in [4.69, 9.17) is 21.1 Å². The molecular formula is C23H26ClN3O5. The van der Waals surface area contributed by atoms with Crippen LogP contribution in [0.5, 0.6) is 11.5 Å². The van der Waals surface area contributed by atoms with Crippen molar-refractivity contribution in [2.75, 3.05) is 27.3 Å². The van der Waals surface area contributed by atoms with Crippen molar-refractivity contribution < 1.29 is 23.9 Å². The SMILES string of the molecule is CC[C@]1(c2ccc(Cl)cc2)NC(=O)N(CC(=O)NCCc2ccc(OC)c(OC)c2)C1=O. The highest BCUT2D eigenvalue weighted by molar-refractivity contribution is 6.30. The fourth-order valence-corrected chi connectivity index (χ4v) is 3.85. The van der Waals surface area contributed by atoms with E-state index >= 15 is 0 Å². The molecule has 0 radical (unpaired) electrons. The Morgan fingerprint density at radius 2 is 1.78 bits per heavy atom. The monoisotopic (exact) mass is 459 g/mol. The van der Waals surface area contributed by atoms with Gasteiger partial charge in [-0.05, 0) is 48.2 Å². The van der Waals surface area contributed by atoms with Gasteiger partial charge < -0.3 is 20.1 Å². The smallest absolute Gasteiger partial charge is 0.325 e. The van der Waals surface area contributed by atoms with Crippen LogP contribution in [0.15, 0.2) is 42.5 Å². The Hall–Kier alpha value is -3.26. The van der Waals surface area contributed by atoms with Gasteiger partial charge in [0.25, 0.3) is 5.91 Å². The first-order valence-corrected chi connectivity index (χ1v) is 10.6. The number of carbonyl (C=O) groups excluding carboxylic acids is 3. The van der Waals surface area contributed by atoms with Crippen LogP contribution in [0, 0.1) is 0 Å². The van der Waals surface area contributed by atoms with Crippen molar-refractivity contribution >= 4 is 29.4 Å². The number of hydrogen-bond acceptors (Lipinski definition) is 5. The molecule has 0 aromatic heterocycles. The number of hydrogen-bond donors (Lipinski definition) is 2. The summed E-state index contributed by atoms with van der Waals surface area (Å²) in [6, 6.07) is 11.7. The average Bonchev–Trinajstić information content (AvgIpc) is 3.04. The van der Waals surface area contributed by atoms with Gasteiger partial charge in [-0.3, -0.25) is 14.5 Å². The topological polar surface area (TPSA) is 97.0 Å². The van der Waals surface area contributed by atoms with Gasteiger partial charge in [0.05, 0.1) is 14.2 Å². The third kappa shape index (κ3) is 4.65. The van der Waals surface area contributed by atoms with E-state index in [1.54, 1.807) is 51.5 Å². The maximum Gasteiger partial charge on any atom is 0.325 e. The molecule has 3 rings (SSSR count). The van der Waals surface area contributed by atoms with Crippen molar-refractivity contribution in [3.8, 4) is 11.5 Å². The fourth-order valence-electron chi connectivity index (χ4n) is 3.73. The molecule has 1 saturated heterocycles. The Balaban J connectivity index is 1.61. The summed E-state index contributed by atoms with van der Waals surface area (Å²) in [5.41, 5.74) is 0.367. The van der Waals surface area contributed by atoms with Gasteiger partial charge in [-0.25, -0.2) is 4.79 Å². The minimum absolute atomic E-state index is 0.341. The van der Waals surface area contributed by atoms with Gasteiger partial charge in [0.15, 0.2) is 11.5 Å². The molecule has 4 amide bonds. The van der Waals surface area contributed by atoms with E-state index in [2.05, 4.69) is 10.6 Å². The second-order valence-corrected chi connectivity index (χ2v) is 7.81. The standard InChI is InChI=1S/C23H26ClN3O5/c1-4-23(16-6-8-17(24)9-7-16)21(29)27(22(30)26-23)14-20(28)25-12-11-15-5-10-18(31-2)19(13-15)32-3/h5-10,13H,4,11-12,14H2,1-3H3,(H,25,28)(H,26,30)/t23-/m1/s1. The third-order valence-electron chi connectivity index (χ3n) is 5.53. The van der Waals surface area contributed by atoms with Crippen molar-refractivity contribution in [2.24, 2.45) is 0 Å². The Bertz CT molecular complexity index is 1010. The summed E-state index contributed by atoms with van der Waals surface area (Å²) in [5, 5.41) is 6.04. The van der Waals surface area contributed by atoms with Gasteiger partial charge in [-0.15, -0.1) is 0 Å². The molecule has 8 nitrogen and oxygen atoms in total. The number of nitrogens with one attached hydrogen (secondary N) is 2. The van der Waals surface area contributed by atoms with Crippen LogP contribution in [0.3, 0.4) is 0 Å². The molecule has 9 heteroatoms. The van der Waals surface area contributed by atoms with E-state index in [0.29, 0.717) is 41.5 Å². The van der Waals surface area contributed by atoms with E-state index < -0.39 is 23.4 Å². The first kappa shape index (κ1) is 23.4. The maximum absolute atomic E-state index is 13.1. The maximum atomic E-state index is 13.1. The van der Waals surface area contributed by atoms with E-state index in [1.165, 1.54) is 0 Å². The Morgan fingerprint density at radius 3 is 2.41 bits per heavy atom. The zero-order chi connectivity index (χ0) is 23.3. The Morgan fingerprint density at radius 1 is 1.09 bits per heavy atom. The van der Waals surface area contributed by atoms with Crippen LogP contribution in [-0.4, -0.2) is 50.1 Å². The molecule has 0 unspecified atom stereocenters. The highest BCUT2D eigenvalue weighted by atomic mass is 35.5. The van der Waals surface area contributed by atoms with Gasteiger partial charge in [0, 0.05) is 11.6 Å². The second-order valence-electron chi connectivity index (χ2n) is 7.38. The summed E-state index contributed by atoms with van der Waals surface area (Å²) in [6.07, 6.45) is 0.895. The number of imide groups is 1. The van der Waals surface area contributed by atoms with Crippen LogP contribution in [-0.2, 0) is 21.5 Å². The zero-order valence-corrected chi connectivity index (χ0v) is 19.0. The lowest BCUT2D eigenvalue weighted by atomic mass is 9.87. The molecule has 32 heavy (non-hydrogen) atoms. The lowest BCUT2D eigenvalue weighted by Gasteiger charge is -2.25. The molecule has 2 N–H and O–H groups in total. The molecule has 1 aliphatic heterocycles. The molecule has 1 aliphatic rings. The molecule has 1 fully saturated rings. The fraction of sp³-hybridized carbons (Fsp3) is 0.348. The molecule has 170 valence electrons. The van der Waals surface area contributed by atoms with Gasteiger partial charge in [-0.1, -0.05) is 36.7 Å². The average molecular weight is 460 g/mol. The zero-order valence-electron chi connectivity index (χ0n) is 18.2. The predicted molar refractivity (Wildman–Crippen MR) is 120 cm³/mol. The van der Waals surface area contributed by atoms with Crippen LogP contribution in [0.2, 0.25) is 5.02 Å². The number of amides is 4. The molecule has 0 bridgehead atoms. The van der Waals surface area contributed by atoms with Crippen LogP contribution in [0.25, 0.3) is 0 Å². The number of ether oxygens (including phenoxy) is 2. The summed E-state index contributed by atoms with van der Waals surface area (Å²) >= 11 is 5.95. The number of methoxy groups -OCH3 is 2. The largest absolute Gasteiger partial charge is 0.493 e. The predicted octanol–water partition coefficient (Wildman–Crippen LogP) is 2.87. The van der Waals surface area contributed by atoms with E-state index in [1.807, 2.05) is 12.1 Å². The number of benzene rings is 2. The van der Waals surface area contributed by atoms with Crippen molar-refractivity contribution in [1.29, 1.82) is 0 Å². The van der Waals surface area contributed by atoms with Crippen molar-refractivity contribution in [3.63, 3.8) is 0 Å². The number of urea groups is 1. The second kappa shape index (κ2) is 9.91. The highest BCUT2D eigenvalue weighted by Crippen LogP contribution is 2.33. The van der Waals surface area contributed by atoms with Gasteiger partial charge >= 0.3 is 6.03 Å². The lowest BCUT2D eigenvalue weighted by molar-refractivity contribution is -0.135. The van der Waals surface area contributed by atoms with Crippen molar-refractivity contribution in [1.82, 2.24) is 15.5 Å². The summed E-state index contributed by atoms with van der Waals surface area (Å²) in [7, 11) is 3.12. The Kier molecular flexibility index (Phi) is 7.25. The van der Waals surface area contributed by atoms with Crippen molar-refractivity contribution in [2.45, 2.75) is 25.3 Å². The first-order valence-electron chi connectivity index (χ1n) is 10.2. The molecule has 2 aromatic carbocycles. The first-order chi connectivity index (χ1) is 15.3. The molecule has 1 heterocycles. The van der Waals surface area contributed by atoms with Crippen molar-refractivity contribution in [3.05, 3.63) is 58.6 Å². The van der Waals surface area contributed by atoms with Gasteiger partial charge in [-0.2, -0.15) is 0 Å². The number of halogens is 1. The van der Waals surface area contributed by atoms with Crippen LogP contribution in [0.1, 0.15) is 24.5 Å². The van der Waals surface area contributed by atoms with Crippen LogP contribution in [0.4, 0.5) is 4.79 Å². The van der Waals surface area contributed by atoms with E-state index in [-0.39, 0.29) is 6.54 Å². The number of carbonyl (C=O) groups is 3. The summed E-state index contributed by atoms with van der Waals surface area (Å²) in [6.45, 7) is 1.79. The quantitative estimate of drug-likeness (QED) is 0.562. The van der Waals surface area contributed by atoms with Gasteiger partial charge in [0.1, 0.15) is 12.1 Å². The number of nitrogens with zero attached hydrogens (tertiary/aromatic N) is 1. The number of rotatable bonds is 9. The molecule has 0 saturated carbocycles. The minimum atomic E-state index is -1.21. The normalized spacial score (nSPS) is 17.8. The highest BCUT2D eigenvalue weighted by Gasteiger charge is 2.51. The summed E-state index contributed by atoms with van der Waals surface area (Å²) < 4.78 is 10.5. The Labute approximate surface area is 191 Å². The van der Waals surface area contributed by atoms with Gasteiger partial charge in [0.2, 0.25) is 5.91 Å². The molecule has 2 aromatic rings.